The number of aryl methyl sites for hydroxylation is 2. The van der Waals surface area contributed by atoms with Crippen LogP contribution in [0.15, 0.2) is 57.9 Å². The van der Waals surface area contributed by atoms with Gasteiger partial charge in [-0.15, -0.1) is 0 Å². The molecule has 0 aliphatic rings. The number of rotatable bonds is 4. The van der Waals surface area contributed by atoms with Crippen molar-refractivity contribution in [3.05, 3.63) is 80.4 Å². The molecule has 0 atom stereocenters. The number of benzene rings is 3. The van der Waals surface area contributed by atoms with Crippen molar-refractivity contribution in [3.63, 3.8) is 0 Å². The third kappa shape index (κ3) is 3.75. The molecule has 0 aliphatic carbocycles. The van der Waals surface area contributed by atoms with E-state index in [1.165, 1.54) is 17.8 Å². The molecule has 8 heteroatoms. The number of aromatic nitrogens is 1. The van der Waals surface area contributed by atoms with Crippen molar-refractivity contribution >= 4 is 40.3 Å². The van der Waals surface area contributed by atoms with Crippen LogP contribution in [0.5, 0.6) is 5.75 Å². The second-order valence-corrected chi connectivity index (χ2v) is 7.28. The maximum Gasteiger partial charge on any atom is 0.312 e. The molecule has 3 aromatic carbocycles. The number of phenols is 1. The van der Waals surface area contributed by atoms with Crippen LogP contribution in [0.4, 0.5) is 11.4 Å². The minimum absolute atomic E-state index is 0.130. The highest BCUT2D eigenvalue weighted by Gasteiger charge is 2.17. The molecule has 1 aromatic heterocycles. The second-order valence-electron chi connectivity index (χ2n) is 6.85. The molecule has 0 amide bonds. The zero-order valence-electron chi connectivity index (χ0n) is 16.1. The van der Waals surface area contributed by atoms with Gasteiger partial charge in [0.1, 0.15) is 5.52 Å². The van der Waals surface area contributed by atoms with E-state index in [4.69, 9.17) is 16.0 Å². The molecular weight excluding hydrogens is 406 g/mol. The quantitative estimate of drug-likeness (QED) is 0.242. The summed E-state index contributed by atoms with van der Waals surface area (Å²) in [5, 5.41) is 21.2. The zero-order chi connectivity index (χ0) is 21.4. The van der Waals surface area contributed by atoms with Gasteiger partial charge in [-0.3, -0.25) is 15.1 Å². The molecule has 4 rings (SSSR count). The van der Waals surface area contributed by atoms with E-state index in [2.05, 4.69) is 9.98 Å². The van der Waals surface area contributed by atoms with Crippen molar-refractivity contribution in [3.8, 4) is 17.2 Å². The minimum Gasteiger partial charge on any atom is -0.502 e. The average Bonchev–Trinajstić information content (AvgIpc) is 3.13. The highest BCUT2D eigenvalue weighted by Crippen LogP contribution is 2.33. The number of aliphatic imine (C=N–C) groups is 1. The molecule has 7 nitrogen and oxygen atoms in total. The van der Waals surface area contributed by atoms with Gasteiger partial charge in [0.2, 0.25) is 11.6 Å². The van der Waals surface area contributed by atoms with Gasteiger partial charge in [0.25, 0.3) is 0 Å². The highest BCUT2D eigenvalue weighted by atomic mass is 35.5. The number of nitrogens with zero attached hydrogens (tertiary/aromatic N) is 3. The smallest absolute Gasteiger partial charge is 0.312 e. The fraction of sp³-hybridized carbons (Fsp3) is 0.0909. The number of hydrogen-bond donors (Lipinski definition) is 1. The van der Waals surface area contributed by atoms with Crippen LogP contribution in [0.25, 0.3) is 22.6 Å². The molecule has 0 bridgehead atoms. The zero-order valence-corrected chi connectivity index (χ0v) is 16.8. The molecule has 30 heavy (non-hydrogen) atoms. The lowest BCUT2D eigenvalue weighted by Crippen LogP contribution is -1.92. The first-order valence-electron chi connectivity index (χ1n) is 9.01. The van der Waals surface area contributed by atoms with E-state index in [0.29, 0.717) is 22.7 Å². The lowest BCUT2D eigenvalue weighted by atomic mass is 10.1. The molecule has 150 valence electrons. The molecule has 1 N–H and O–H groups in total. The summed E-state index contributed by atoms with van der Waals surface area (Å²) >= 11 is 5.91. The minimum atomic E-state index is -0.700. The average molecular weight is 422 g/mol. The molecule has 0 saturated carbocycles. The SMILES string of the molecule is Cc1ccc(-c2nc3cc(N=Cc4cc(Cl)cc([N+](=O)[O-])c4O)ccc3o2)cc1C. The van der Waals surface area contributed by atoms with Crippen LogP contribution < -0.4 is 0 Å². The third-order valence-electron chi connectivity index (χ3n) is 4.76. The number of halogens is 1. The molecule has 4 aromatic rings. The summed E-state index contributed by atoms with van der Waals surface area (Å²) in [7, 11) is 0. The Morgan fingerprint density at radius 2 is 1.93 bits per heavy atom. The van der Waals surface area contributed by atoms with Crippen molar-refractivity contribution in [1.82, 2.24) is 4.98 Å². The van der Waals surface area contributed by atoms with Gasteiger partial charge in [0.15, 0.2) is 5.58 Å². The predicted octanol–water partition coefficient (Wildman–Crippen LogP) is 6.13. The number of phenolic OH excluding ortho intramolecular Hbond substituents is 1. The van der Waals surface area contributed by atoms with Crippen LogP contribution in [0.3, 0.4) is 0 Å². The highest BCUT2D eigenvalue weighted by molar-refractivity contribution is 6.31. The first-order chi connectivity index (χ1) is 14.3. The van der Waals surface area contributed by atoms with Crippen LogP contribution in [0.1, 0.15) is 16.7 Å². The van der Waals surface area contributed by atoms with Gasteiger partial charge in [0.05, 0.1) is 10.6 Å². The first kappa shape index (κ1) is 19.6. The molecule has 0 fully saturated rings. The Kier molecular flexibility index (Phi) is 4.97. The first-order valence-corrected chi connectivity index (χ1v) is 9.39. The maximum absolute atomic E-state index is 11.0. The molecule has 0 unspecified atom stereocenters. The number of nitro groups is 1. The summed E-state index contributed by atoms with van der Waals surface area (Å²) in [6.45, 7) is 4.08. The van der Waals surface area contributed by atoms with Gasteiger partial charge in [-0.1, -0.05) is 17.7 Å². The molecule has 1 heterocycles. The fourth-order valence-electron chi connectivity index (χ4n) is 2.98. The largest absolute Gasteiger partial charge is 0.502 e. The van der Waals surface area contributed by atoms with Crippen LogP contribution in [0, 0.1) is 24.0 Å². The van der Waals surface area contributed by atoms with Crippen molar-refractivity contribution in [2.75, 3.05) is 0 Å². The Morgan fingerprint density at radius 3 is 2.67 bits per heavy atom. The lowest BCUT2D eigenvalue weighted by molar-refractivity contribution is -0.385. The van der Waals surface area contributed by atoms with Crippen LogP contribution in [-0.2, 0) is 0 Å². The van der Waals surface area contributed by atoms with E-state index in [0.717, 1.165) is 17.2 Å². The van der Waals surface area contributed by atoms with E-state index in [9.17, 15) is 15.2 Å². The van der Waals surface area contributed by atoms with Gasteiger partial charge in [-0.05, 0) is 61.4 Å². The van der Waals surface area contributed by atoms with Crippen molar-refractivity contribution < 1.29 is 14.4 Å². The maximum atomic E-state index is 11.0. The van der Waals surface area contributed by atoms with Gasteiger partial charge in [-0.2, -0.15) is 0 Å². The van der Waals surface area contributed by atoms with E-state index >= 15 is 0 Å². The number of hydrogen-bond acceptors (Lipinski definition) is 6. The van der Waals surface area contributed by atoms with Crippen LogP contribution in [-0.4, -0.2) is 21.2 Å². The Morgan fingerprint density at radius 1 is 1.13 bits per heavy atom. The Hall–Kier alpha value is -3.71. The summed E-state index contributed by atoms with van der Waals surface area (Å²) in [5.74, 6) is 0.0185. The predicted molar refractivity (Wildman–Crippen MR) is 116 cm³/mol. The van der Waals surface area contributed by atoms with E-state index in [1.807, 2.05) is 32.0 Å². The van der Waals surface area contributed by atoms with Gasteiger partial charge >= 0.3 is 5.69 Å². The summed E-state index contributed by atoms with van der Waals surface area (Å²) in [4.78, 5) is 19.2. The van der Waals surface area contributed by atoms with Gasteiger partial charge in [0, 0.05) is 28.4 Å². The second kappa shape index (κ2) is 7.61. The number of fused-ring (bicyclic) bond motifs is 1. The lowest BCUT2D eigenvalue weighted by Gasteiger charge is -2.01. The Bertz CT molecular complexity index is 1330. The van der Waals surface area contributed by atoms with E-state index in [-0.39, 0.29) is 10.6 Å². The summed E-state index contributed by atoms with van der Waals surface area (Å²) < 4.78 is 5.85. The molecule has 0 radical (unpaired) electrons. The van der Waals surface area contributed by atoms with E-state index < -0.39 is 16.4 Å². The third-order valence-corrected chi connectivity index (χ3v) is 4.98. The standard InChI is InChI=1S/C22H16ClN3O4/c1-12-3-4-14(7-13(12)2)22-25-18-10-17(5-6-20(18)30-22)24-11-15-8-16(23)9-19(21(15)27)26(28)29/h3-11,27H,1-2H3. The summed E-state index contributed by atoms with van der Waals surface area (Å²) in [6, 6.07) is 13.7. The fourth-order valence-corrected chi connectivity index (χ4v) is 3.20. The monoisotopic (exact) mass is 421 g/mol. The van der Waals surface area contributed by atoms with Crippen molar-refractivity contribution in [2.24, 2.45) is 4.99 Å². The molecular formula is C22H16ClN3O4. The Balaban J connectivity index is 1.68. The van der Waals surface area contributed by atoms with E-state index in [1.54, 1.807) is 18.2 Å². The normalized spacial score (nSPS) is 11.4. The van der Waals surface area contributed by atoms with Crippen LogP contribution >= 0.6 is 11.6 Å². The van der Waals surface area contributed by atoms with Crippen LogP contribution in [0.2, 0.25) is 5.02 Å². The number of aromatic hydroxyl groups is 1. The Labute approximate surface area is 176 Å². The molecule has 0 spiro atoms. The molecule has 0 saturated heterocycles. The number of nitro benzene ring substituents is 1. The topological polar surface area (TPSA) is 102 Å². The van der Waals surface area contributed by atoms with Gasteiger partial charge < -0.3 is 9.52 Å². The molecule has 0 aliphatic heterocycles. The summed E-state index contributed by atoms with van der Waals surface area (Å²) in [5.41, 5.74) is 4.67. The van der Waals surface area contributed by atoms with Gasteiger partial charge in [-0.25, -0.2) is 4.98 Å². The van der Waals surface area contributed by atoms with Crippen molar-refractivity contribution in [2.45, 2.75) is 13.8 Å². The van der Waals surface area contributed by atoms with Crippen molar-refractivity contribution in [1.29, 1.82) is 0 Å². The number of oxazole rings is 1. The summed E-state index contributed by atoms with van der Waals surface area (Å²) in [6.07, 6.45) is 1.32.